The van der Waals surface area contributed by atoms with Gasteiger partial charge < -0.3 is 9.64 Å². The van der Waals surface area contributed by atoms with E-state index in [1.165, 1.54) is 5.56 Å². The number of rotatable bonds is 5. The quantitative estimate of drug-likeness (QED) is 0.699. The van der Waals surface area contributed by atoms with Gasteiger partial charge in [0.15, 0.2) is 0 Å². The third-order valence-electron chi connectivity index (χ3n) is 4.82. The maximum absolute atomic E-state index is 12.7. The van der Waals surface area contributed by atoms with Crippen LogP contribution in [0, 0.1) is 13.8 Å². The summed E-state index contributed by atoms with van der Waals surface area (Å²) in [7, 11) is 0. The van der Waals surface area contributed by atoms with E-state index in [0.29, 0.717) is 19.7 Å². The average Bonchev–Trinajstić information content (AvgIpc) is 3.08. The summed E-state index contributed by atoms with van der Waals surface area (Å²) in [5.74, 6) is 0.887. The number of benzene rings is 2. The highest BCUT2D eigenvalue weighted by Crippen LogP contribution is 2.24. The van der Waals surface area contributed by atoms with Crippen LogP contribution in [0.1, 0.15) is 33.2 Å². The summed E-state index contributed by atoms with van der Waals surface area (Å²) in [5.41, 5.74) is 3.73. The van der Waals surface area contributed by atoms with Gasteiger partial charge in [0, 0.05) is 18.7 Å². The molecule has 0 atom stereocenters. The van der Waals surface area contributed by atoms with Crippen molar-refractivity contribution >= 4 is 5.91 Å². The van der Waals surface area contributed by atoms with Gasteiger partial charge in [-0.3, -0.25) is 4.79 Å². The summed E-state index contributed by atoms with van der Waals surface area (Å²) in [4.78, 5) is 14.5. The Morgan fingerprint density at radius 2 is 1.93 bits per heavy atom. The van der Waals surface area contributed by atoms with Gasteiger partial charge >= 0.3 is 0 Å². The lowest BCUT2D eigenvalue weighted by Gasteiger charge is -2.39. The Morgan fingerprint density at radius 3 is 2.67 bits per heavy atom. The van der Waals surface area contributed by atoms with Crippen LogP contribution in [0.3, 0.4) is 0 Å². The van der Waals surface area contributed by atoms with Gasteiger partial charge in [-0.15, -0.1) is 5.10 Å². The van der Waals surface area contributed by atoms with Crippen molar-refractivity contribution in [3.63, 3.8) is 0 Å². The second-order valence-electron chi connectivity index (χ2n) is 6.97. The number of carbonyl (C=O) groups excluding carboxylic acids is 1. The molecule has 0 unspecified atom stereocenters. The normalized spacial score (nSPS) is 14.1. The van der Waals surface area contributed by atoms with Crippen LogP contribution in [-0.4, -0.2) is 38.9 Å². The number of likely N-dealkylation sites (tertiary alicyclic amines) is 1. The summed E-state index contributed by atoms with van der Waals surface area (Å²) in [6.45, 7) is 5.68. The fraction of sp³-hybridized carbons (Fsp3) is 0.286. The monoisotopic (exact) mass is 362 g/mol. The Morgan fingerprint density at radius 1 is 1.15 bits per heavy atom. The number of hydrogen-bond donors (Lipinski definition) is 0. The zero-order valence-corrected chi connectivity index (χ0v) is 15.5. The van der Waals surface area contributed by atoms with Crippen molar-refractivity contribution in [2.24, 2.45) is 0 Å². The van der Waals surface area contributed by atoms with Gasteiger partial charge in [-0.1, -0.05) is 41.1 Å². The fourth-order valence-electron chi connectivity index (χ4n) is 3.24. The molecule has 0 radical (unpaired) electrons. The third-order valence-corrected chi connectivity index (χ3v) is 4.82. The molecule has 1 amide bonds. The highest BCUT2D eigenvalue weighted by atomic mass is 16.5. The van der Waals surface area contributed by atoms with E-state index in [2.05, 4.69) is 10.3 Å². The van der Waals surface area contributed by atoms with Crippen LogP contribution in [0.4, 0.5) is 0 Å². The summed E-state index contributed by atoms with van der Waals surface area (Å²) in [6.07, 6.45) is 1.90. The van der Waals surface area contributed by atoms with Crippen molar-refractivity contribution in [3.05, 3.63) is 77.1 Å². The van der Waals surface area contributed by atoms with Crippen molar-refractivity contribution in [1.29, 1.82) is 0 Å². The number of carbonyl (C=O) groups is 1. The van der Waals surface area contributed by atoms with E-state index in [4.69, 9.17) is 4.74 Å². The minimum absolute atomic E-state index is 0.0801. The molecule has 6 heteroatoms. The van der Waals surface area contributed by atoms with E-state index < -0.39 is 0 Å². The van der Waals surface area contributed by atoms with Crippen molar-refractivity contribution in [1.82, 2.24) is 19.9 Å². The molecule has 0 N–H and O–H groups in total. The Bertz CT molecular complexity index is 946. The lowest BCUT2D eigenvalue weighted by atomic mass is 10.0. The molecule has 0 saturated carbocycles. The van der Waals surface area contributed by atoms with E-state index in [9.17, 15) is 4.79 Å². The summed E-state index contributed by atoms with van der Waals surface area (Å²) < 4.78 is 7.53. The van der Waals surface area contributed by atoms with Crippen LogP contribution in [0.15, 0.2) is 54.7 Å². The third kappa shape index (κ3) is 3.69. The molecule has 2 aromatic carbocycles. The molecule has 138 valence electrons. The first-order chi connectivity index (χ1) is 13.1. The maximum Gasteiger partial charge on any atom is 0.254 e. The lowest BCUT2D eigenvalue weighted by Crippen LogP contribution is -2.51. The molecule has 1 aromatic heterocycles. The highest BCUT2D eigenvalue weighted by molar-refractivity contribution is 5.96. The molecule has 0 bridgehead atoms. The van der Waals surface area contributed by atoms with Crippen molar-refractivity contribution in [2.45, 2.75) is 26.5 Å². The zero-order valence-electron chi connectivity index (χ0n) is 15.5. The maximum atomic E-state index is 12.7. The van der Waals surface area contributed by atoms with Crippen molar-refractivity contribution in [3.8, 4) is 5.75 Å². The highest BCUT2D eigenvalue weighted by Gasteiger charge is 2.33. The zero-order chi connectivity index (χ0) is 18.8. The predicted molar refractivity (Wildman–Crippen MR) is 102 cm³/mol. The standard InChI is InChI=1S/C21H22N4O2/c1-15-8-9-20(16(2)10-15)21(26)24-12-18(13-24)25-11-17(22-23-25)14-27-19-6-4-3-5-7-19/h3-11,18H,12-14H2,1-2H3. The van der Waals surface area contributed by atoms with Crippen LogP contribution in [0.5, 0.6) is 5.75 Å². The molecule has 6 nitrogen and oxygen atoms in total. The smallest absolute Gasteiger partial charge is 0.254 e. The molecule has 4 rings (SSSR count). The largest absolute Gasteiger partial charge is 0.487 e. The molecule has 27 heavy (non-hydrogen) atoms. The van der Waals surface area contributed by atoms with Crippen LogP contribution in [0.25, 0.3) is 0 Å². The first-order valence-corrected chi connectivity index (χ1v) is 9.05. The van der Waals surface area contributed by atoms with Gasteiger partial charge in [0.25, 0.3) is 5.91 Å². The van der Waals surface area contributed by atoms with Gasteiger partial charge in [0.2, 0.25) is 0 Å². The molecule has 1 aliphatic heterocycles. The number of aromatic nitrogens is 3. The molecular formula is C21H22N4O2. The number of hydrogen-bond acceptors (Lipinski definition) is 4. The molecular weight excluding hydrogens is 340 g/mol. The minimum atomic E-state index is 0.0801. The molecule has 1 fully saturated rings. The molecule has 2 heterocycles. The average molecular weight is 362 g/mol. The van der Waals surface area contributed by atoms with Gasteiger partial charge in [0.1, 0.15) is 18.1 Å². The van der Waals surface area contributed by atoms with E-state index in [1.807, 2.05) is 78.2 Å². The Labute approximate surface area is 158 Å². The molecule has 0 aliphatic carbocycles. The van der Waals surface area contributed by atoms with Gasteiger partial charge in [-0.2, -0.15) is 0 Å². The lowest BCUT2D eigenvalue weighted by molar-refractivity contribution is 0.0497. The predicted octanol–water partition coefficient (Wildman–Crippen LogP) is 3.17. The van der Waals surface area contributed by atoms with E-state index >= 15 is 0 Å². The van der Waals surface area contributed by atoms with Gasteiger partial charge in [-0.25, -0.2) is 4.68 Å². The van der Waals surface area contributed by atoms with Crippen LogP contribution in [-0.2, 0) is 6.61 Å². The second-order valence-corrected chi connectivity index (χ2v) is 6.97. The summed E-state index contributed by atoms with van der Waals surface area (Å²) >= 11 is 0. The van der Waals surface area contributed by atoms with Crippen LogP contribution < -0.4 is 4.74 Å². The first-order valence-electron chi connectivity index (χ1n) is 9.05. The molecule has 1 saturated heterocycles. The van der Waals surface area contributed by atoms with Crippen molar-refractivity contribution < 1.29 is 9.53 Å². The second kappa shape index (κ2) is 7.23. The van der Waals surface area contributed by atoms with Crippen molar-refractivity contribution in [2.75, 3.05) is 13.1 Å². The number of ether oxygens (including phenoxy) is 1. The van der Waals surface area contributed by atoms with E-state index in [-0.39, 0.29) is 11.9 Å². The minimum Gasteiger partial charge on any atom is -0.487 e. The van der Waals surface area contributed by atoms with Gasteiger partial charge in [-0.05, 0) is 37.6 Å². The fourth-order valence-corrected chi connectivity index (χ4v) is 3.24. The summed E-state index contributed by atoms with van der Waals surface area (Å²) in [6, 6.07) is 15.7. The van der Waals surface area contributed by atoms with Crippen LogP contribution >= 0.6 is 0 Å². The Balaban J connectivity index is 1.33. The Kier molecular flexibility index (Phi) is 4.62. The topological polar surface area (TPSA) is 60.2 Å². The Hall–Kier alpha value is -3.15. The van der Waals surface area contributed by atoms with E-state index in [1.54, 1.807) is 0 Å². The number of nitrogens with zero attached hydrogens (tertiary/aromatic N) is 4. The van der Waals surface area contributed by atoms with Gasteiger partial charge in [0.05, 0.1) is 12.2 Å². The van der Waals surface area contributed by atoms with E-state index in [0.717, 1.165) is 22.6 Å². The molecule has 3 aromatic rings. The number of para-hydroxylation sites is 1. The van der Waals surface area contributed by atoms with Crippen LogP contribution in [0.2, 0.25) is 0 Å². The molecule has 0 spiro atoms. The number of aryl methyl sites for hydroxylation is 2. The molecule has 1 aliphatic rings. The number of amides is 1. The first kappa shape index (κ1) is 17.3. The summed E-state index contributed by atoms with van der Waals surface area (Å²) in [5, 5.41) is 8.37. The SMILES string of the molecule is Cc1ccc(C(=O)N2CC(n3cc(COc4ccccc4)nn3)C2)c(C)c1.